The molecule has 0 radical (unpaired) electrons. The molecule has 0 aliphatic rings. The fraction of sp³-hybridized carbons (Fsp3) is 0.143. The topological polar surface area (TPSA) is 59.2 Å². The number of pyridine rings is 1. The molecule has 5 heteroatoms. The third kappa shape index (κ3) is 1.82. The van der Waals surface area contributed by atoms with Gasteiger partial charge < -0.3 is 9.72 Å². The molecular weight excluding hydrogens is 262 g/mol. The standard InChI is InChI=1S/C14H11NO3S/c1-2-18-14(17)9-7-15-10-3-4-11-8(5-6-19-11)12(10)13(9)16/h3-7H,2H2,1H3,(H,15,16). The number of thiophene rings is 1. The van der Waals surface area contributed by atoms with Gasteiger partial charge in [-0.15, -0.1) is 11.3 Å². The Morgan fingerprint density at radius 1 is 1.37 bits per heavy atom. The molecule has 3 rings (SSSR count). The predicted octanol–water partition coefficient (Wildman–Crippen LogP) is 2.92. The second kappa shape index (κ2) is 4.51. The van der Waals surface area contributed by atoms with Crippen LogP contribution in [-0.4, -0.2) is 17.6 Å². The van der Waals surface area contributed by atoms with Crippen LogP contribution < -0.4 is 5.43 Å². The van der Waals surface area contributed by atoms with E-state index in [9.17, 15) is 9.59 Å². The molecule has 2 aromatic heterocycles. The Hall–Kier alpha value is -2.14. The van der Waals surface area contributed by atoms with Crippen LogP contribution in [0.1, 0.15) is 17.3 Å². The minimum Gasteiger partial charge on any atom is -0.462 e. The first-order valence-corrected chi connectivity index (χ1v) is 6.79. The molecule has 2 heterocycles. The van der Waals surface area contributed by atoms with Crippen molar-refractivity contribution in [2.24, 2.45) is 0 Å². The van der Waals surface area contributed by atoms with Crippen LogP contribution in [0.3, 0.4) is 0 Å². The molecular formula is C14H11NO3S. The number of nitrogens with one attached hydrogen (secondary N) is 1. The number of aromatic nitrogens is 1. The van der Waals surface area contributed by atoms with Crippen LogP contribution in [0, 0.1) is 0 Å². The van der Waals surface area contributed by atoms with E-state index in [1.54, 1.807) is 18.3 Å². The molecule has 3 aromatic rings. The first kappa shape index (κ1) is 11.9. The number of fused-ring (bicyclic) bond motifs is 3. The van der Waals surface area contributed by atoms with E-state index in [-0.39, 0.29) is 17.6 Å². The van der Waals surface area contributed by atoms with E-state index >= 15 is 0 Å². The smallest absolute Gasteiger partial charge is 0.343 e. The lowest BCUT2D eigenvalue weighted by Gasteiger charge is -2.04. The Labute approximate surface area is 112 Å². The van der Waals surface area contributed by atoms with Crippen LogP contribution in [0.4, 0.5) is 0 Å². The fourth-order valence-electron chi connectivity index (χ4n) is 2.12. The van der Waals surface area contributed by atoms with Crippen molar-refractivity contribution < 1.29 is 9.53 Å². The average Bonchev–Trinajstić information content (AvgIpc) is 2.87. The summed E-state index contributed by atoms with van der Waals surface area (Å²) in [5, 5.41) is 3.35. The molecule has 1 aromatic carbocycles. The van der Waals surface area contributed by atoms with Gasteiger partial charge >= 0.3 is 5.97 Å². The highest BCUT2D eigenvalue weighted by atomic mass is 32.1. The quantitative estimate of drug-likeness (QED) is 0.730. The first-order valence-electron chi connectivity index (χ1n) is 5.91. The van der Waals surface area contributed by atoms with Crippen LogP contribution in [0.2, 0.25) is 0 Å². The molecule has 4 nitrogen and oxygen atoms in total. The molecule has 0 spiro atoms. The van der Waals surface area contributed by atoms with E-state index in [0.717, 1.165) is 15.6 Å². The Kier molecular flexibility index (Phi) is 2.83. The summed E-state index contributed by atoms with van der Waals surface area (Å²) in [5.74, 6) is -0.585. The van der Waals surface area contributed by atoms with Crippen molar-refractivity contribution in [2.75, 3.05) is 6.61 Å². The maximum atomic E-state index is 12.4. The average molecular weight is 273 g/mol. The van der Waals surface area contributed by atoms with Crippen molar-refractivity contribution in [2.45, 2.75) is 6.92 Å². The molecule has 0 bridgehead atoms. The van der Waals surface area contributed by atoms with Gasteiger partial charge in [0.2, 0.25) is 5.43 Å². The molecule has 0 atom stereocenters. The molecule has 0 aliphatic heterocycles. The number of ether oxygens (including phenoxy) is 1. The summed E-state index contributed by atoms with van der Waals surface area (Å²) >= 11 is 1.57. The maximum absolute atomic E-state index is 12.4. The summed E-state index contributed by atoms with van der Waals surface area (Å²) in [6.07, 6.45) is 1.42. The van der Waals surface area contributed by atoms with Crippen LogP contribution in [0.5, 0.6) is 0 Å². The number of carbonyl (C=O) groups excluding carboxylic acids is 1. The van der Waals surface area contributed by atoms with Gasteiger partial charge in [-0.25, -0.2) is 4.79 Å². The Morgan fingerprint density at radius 2 is 2.21 bits per heavy atom. The minimum atomic E-state index is -0.585. The van der Waals surface area contributed by atoms with Crippen molar-refractivity contribution in [1.29, 1.82) is 0 Å². The number of esters is 1. The molecule has 1 N–H and O–H groups in total. The highest BCUT2D eigenvalue weighted by Crippen LogP contribution is 2.26. The van der Waals surface area contributed by atoms with E-state index in [2.05, 4.69) is 4.98 Å². The van der Waals surface area contributed by atoms with Crippen LogP contribution >= 0.6 is 11.3 Å². The maximum Gasteiger partial charge on any atom is 0.343 e. The van der Waals surface area contributed by atoms with Crippen molar-refractivity contribution in [3.63, 3.8) is 0 Å². The van der Waals surface area contributed by atoms with Gasteiger partial charge in [-0.2, -0.15) is 0 Å². The largest absolute Gasteiger partial charge is 0.462 e. The molecule has 0 aliphatic carbocycles. The molecule has 19 heavy (non-hydrogen) atoms. The Morgan fingerprint density at radius 3 is 3.00 bits per heavy atom. The summed E-state index contributed by atoms with van der Waals surface area (Å²) in [6.45, 7) is 1.96. The number of benzene rings is 1. The van der Waals surface area contributed by atoms with Crippen molar-refractivity contribution in [1.82, 2.24) is 4.98 Å². The summed E-state index contributed by atoms with van der Waals surface area (Å²) in [5.41, 5.74) is 0.494. The lowest BCUT2D eigenvalue weighted by molar-refractivity contribution is 0.0524. The number of hydrogen-bond donors (Lipinski definition) is 1. The normalized spacial score (nSPS) is 11.0. The lowest BCUT2D eigenvalue weighted by atomic mass is 10.1. The summed E-state index contributed by atoms with van der Waals surface area (Å²) in [4.78, 5) is 27.2. The monoisotopic (exact) mass is 273 g/mol. The Bertz CT molecular complexity index is 831. The number of rotatable bonds is 2. The van der Waals surface area contributed by atoms with Gasteiger partial charge in [0.25, 0.3) is 0 Å². The van der Waals surface area contributed by atoms with E-state index in [1.165, 1.54) is 6.20 Å². The lowest BCUT2D eigenvalue weighted by Crippen LogP contribution is -2.18. The number of H-pyrrole nitrogens is 1. The summed E-state index contributed by atoms with van der Waals surface area (Å²) in [7, 11) is 0. The molecule has 0 unspecified atom stereocenters. The highest BCUT2D eigenvalue weighted by Gasteiger charge is 2.15. The number of aromatic amines is 1. The summed E-state index contributed by atoms with van der Waals surface area (Å²) in [6, 6.07) is 5.71. The number of hydrogen-bond acceptors (Lipinski definition) is 4. The van der Waals surface area contributed by atoms with Crippen LogP contribution in [0.15, 0.2) is 34.6 Å². The van der Waals surface area contributed by atoms with Crippen molar-refractivity contribution in [3.05, 3.63) is 45.6 Å². The van der Waals surface area contributed by atoms with Crippen LogP contribution in [0.25, 0.3) is 21.0 Å². The highest BCUT2D eigenvalue weighted by molar-refractivity contribution is 7.17. The van der Waals surface area contributed by atoms with Gasteiger partial charge in [0, 0.05) is 16.3 Å². The van der Waals surface area contributed by atoms with Gasteiger partial charge in [0.1, 0.15) is 5.56 Å². The van der Waals surface area contributed by atoms with E-state index in [0.29, 0.717) is 5.39 Å². The van der Waals surface area contributed by atoms with E-state index in [4.69, 9.17) is 4.74 Å². The fourth-order valence-corrected chi connectivity index (χ4v) is 2.91. The number of carbonyl (C=O) groups is 1. The molecule has 0 saturated carbocycles. The van der Waals surface area contributed by atoms with Crippen molar-refractivity contribution in [3.8, 4) is 0 Å². The van der Waals surface area contributed by atoms with E-state index in [1.807, 2.05) is 23.6 Å². The zero-order valence-corrected chi connectivity index (χ0v) is 11.0. The van der Waals surface area contributed by atoms with Gasteiger partial charge in [-0.3, -0.25) is 4.79 Å². The van der Waals surface area contributed by atoms with Crippen molar-refractivity contribution >= 4 is 38.3 Å². The molecule has 96 valence electrons. The molecule has 0 saturated heterocycles. The zero-order valence-electron chi connectivity index (χ0n) is 10.2. The van der Waals surface area contributed by atoms with E-state index < -0.39 is 5.97 Å². The summed E-state index contributed by atoms with van der Waals surface area (Å²) < 4.78 is 5.92. The second-order valence-electron chi connectivity index (χ2n) is 4.07. The third-order valence-corrected chi connectivity index (χ3v) is 3.86. The SMILES string of the molecule is CCOC(=O)c1c[nH]c2ccc3sccc3c2c1=O. The minimum absolute atomic E-state index is 0.0491. The van der Waals surface area contributed by atoms with Gasteiger partial charge in [0.05, 0.1) is 17.5 Å². The zero-order chi connectivity index (χ0) is 13.4. The molecule has 0 fully saturated rings. The third-order valence-electron chi connectivity index (χ3n) is 2.97. The van der Waals surface area contributed by atoms with Gasteiger partial charge in [0.15, 0.2) is 0 Å². The predicted molar refractivity (Wildman–Crippen MR) is 75.9 cm³/mol. The second-order valence-corrected chi connectivity index (χ2v) is 5.02. The van der Waals surface area contributed by atoms with Gasteiger partial charge in [-0.1, -0.05) is 0 Å². The first-order chi connectivity index (χ1) is 9.22. The molecule has 0 amide bonds. The van der Waals surface area contributed by atoms with Crippen LogP contribution in [-0.2, 0) is 4.74 Å². The Balaban J connectivity index is 2.36. The van der Waals surface area contributed by atoms with Gasteiger partial charge in [-0.05, 0) is 30.5 Å².